The van der Waals surface area contributed by atoms with Gasteiger partial charge in [-0.3, -0.25) is 4.79 Å². The number of aromatic carboxylic acids is 2. The maximum absolute atomic E-state index is 12.3. The fraction of sp³-hybridized carbons (Fsp3) is 0.316. The molecule has 0 saturated heterocycles. The Morgan fingerprint density at radius 1 is 1.10 bits per heavy atom. The van der Waals surface area contributed by atoms with Crippen molar-refractivity contribution in [1.82, 2.24) is 4.98 Å². The van der Waals surface area contributed by atoms with E-state index in [9.17, 15) is 29.7 Å². The van der Waals surface area contributed by atoms with Gasteiger partial charge in [-0.2, -0.15) is 0 Å². The van der Waals surface area contributed by atoms with Crippen LogP contribution in [0.4, 0.5) is 5.82 Å². The Morgan fingerprint density at radius 2 is 1.63 bits per heavy atom. The highest BCUT2D eigenvalue weighted by atomic mass is 79.9. The first-order valence-corrected chi connectivity index (χ1v) is 12.5. The van der Waals surface area contributed by atoms with Crippen molar-refractivity contribution in [2.24, 2.45) is 0 Å². The number of nitrogens with two attached hydrogens (primary N) is 1. The van der Waals surface area contributed by atoms with Crippen LogP contribution in [0.3, 0.4) is 0 Å². The van der Waals surface area contributed by atoms with Crippen molar-refractivity contribution in [3.63, 3.8) is 0 Å². The molecule has 0 aliphatic carbocycles. The number of nitrogens with one attached hydrogen (secondary N) is 1. The van der Waals surface area contributed by atoms with Gasteiger partial charge in [-0.1, -0.05) is 20.8 Å². The quantitative estimate of drug-likeness (QED) is 0.387. The largest absolute Gasteiger partial charge is 0.543 e. The molecule has 0 saturated carbocycles. The van der Waals surface area contributed by atoms with Gasteiger partial charge in [0.05, 0.1) is 4.47 Å². The molecule has 162 valence electrons. The topological polar surface area (TPSA) is 163 Å². The van der Waals surface area contributed by atoms with E-state index in [1.54, 1.807) is 0 Å². The van der Waals surface area contributed by atoms with Gasteiger partial charge < -0.3 is 30.5 Å². The van der Waals surface area contributed by atoms with Crippen LogP contribution >= 0.6 is 15.9 Å². The molecule has 2 rings (SSSR count). The van der Waals surface area contributed by atoms with Gasteiger partial charge >= 0.3 is 11.9 Å². The molecule has 0 aliphatic rings. The number of phenolic OH excluding ortho intramolecular Hbond substituents is 1. The van der Waals surface area contributed by atoms with E-state index in [4.69, 9.17) is 10.2 Å². The molecule has 0 radical (unpaired) electrons. The van der Waals surface area contributed by atoms with Crippen molar-refractivity contribution in [2.75, 3.05) is 5.73 Å². The molecule has 9 nitrogen and oxygen atoms in total. The van der Waals surface area contributed by atoms with Gasteiger partial charge in [0.15, 0.2) is 0 Å². The second-order valence-electron chi connectivity index (χ2n) is 8.24. The van der Waals surface area contributed by atoms with E-state index in [1.807, 2.05) is 38.8 Å². The van der Waals surface area contributed by atoms with Crippen LogP contribution in [0.2, 0.25) is 18.1 Å². The third-order valence-electron chi connectivity index (χ3n) is 5.18. The lowest BCUT2D eigenvalue weighted by molar-refractivity contribution is 0.0695. The zero-order valence-corrected chi connectivity index (χ0v) is 19.7. The molecular weight excluding hydrogens is 476 g/mol. The molecule has 1 aromatic heterocycles. The summed E-state index contributed by atoms with van der Waals surface area (Å²) in [6.45, 7) is 10.1. The van der Waals surface area contributed by atoms with E-state index >= 15 is 0 Å². The number of pyridine rings is 1. The van der Waals surface area contributed by atoms with Crippen LogP contribution in [0.5, 0.6) is 11.5 Å². The van der Waals surface area contributed by atoms with Crippen molar-refractivity contribution in [3.8, 4) is 22.6 Å². The molecule has 30 heavy (non-hydrogen) atoms. The lowest BCUT2D eigenvalue weighted by Gasteiger charge is -2.37. The Hall–Kier alpha value is -2.79. The number of halogens is 1. The lowest BCUT2D eigenvalue weighted by atomic mass is 9.94. The fourth-order valence-corrected chi connectivity index (χ4v) is 4.38. The highest BCUT2D eigenvalue weighted by Crippen LogP contribution is 2.47. The number of benzene rings is 1. The molecule has 1 heterocycles. The summed E-state index contributed by atoms with van der Waals surface area (Å²) in [6, 6.07) is 2.73. The van der Waals surface area contributed by atoms with Crippen LogP contribution < -0.4 is 15.7 Å². The summed E-state index contributed by atoms with van der Waals surface area (Å²) in [5.74, 6) is -3.94. The second kappa shape index (κ2) is 7.80. The van der Waals surface area contributed by atoms with Crippen molar-refractivity contribution < 1.29 is 29.3 Å². The number of nitrogen functional groups attached to an aromatic ring is 1. The van der Waals surface area contributed by atoms with Gasteiger partial charge in [-0.25, -0.2) is 9.59 Å². The average molecular weight is 499 g/mol. The van der Waals surface area contributed by atoms with Gasteiger partial charge in [0.1, 0.15) is 28.4 Å². The monoisotopic (exact) mass is 498 g/mol. The van der Waals surface area contributed by atoms with Gasteiger partial charge in [0, 0.05) is 11.1 Å². The van der Waals surface area contributed by atoms with Crippen LogP contribution in [-0.4, -0.2) is 40.6 Å². The second-order valence-corrected chi connectivity index (χ2v) is 13.8. The Bertz CT molecular complexity index is 1100. The summed E-state index contributed by atoms with van der Waals surface area (Å²) >= 11 is 3.30. The van der Waals surface area contributed by atoms with Crippen molar-refractivity contribution in [1.29, 1.82) is 0 Å². The summed E-state index contributed by atoms with van der Waals surface area (Å²) in [4.78, 5) is 38.0. The summed E-state index contributed by atoms with van der Waals surface area (Å²) in [5, 5.41) is 29.5. The first-order valence-electron chi connectivity index (χ1n) is 8.83. The number of anilines is 1. The number of aromatic nitrogens is 1. The minimum Gasteiger partial charge on any atom is -0.543 e. The first-order chi connectivity index (χ1) is 13.6. The number of hydrogen-bond donors (Lipinski definition) is 5. The SMILES string of the molecule is CC(C)(C)[Si](C)(C)Oc1ccc(O)c(-c2c(C(=O)O)c(N)[nH]c(=O)c2C(=O)O)c1Br. The Labute approximate surface area is 181 Å². The van der Waals surface area contributed by atoms with Crippen LogP contribution in [0, 0.1) is 0 Å². The maximum Gasteiger partial charge on any atom is 0.342 e. The normalized spacial score (nSPS) is 11.9. The Kier molecular flexibility index (Phi) is 6.11. The average Bonchev–Trinajstić information content (AvgIpc) is 2.55. The van der Waals surface area contributed by atoms with Crippen molar-refractivity contribution >= 4 is 42.0 Å². The minimum atomic E-state index is -2.35. The molecule has 0 spiro atoms. The number of H-pyrrole nitrogens is 1. The molecule has 0 atom stereocenters. The van der Waals surface area contributed by atoms with Crippen LogP contribution in [-0.2, 0) is 0 Å². The zero-order chi connectivity index (χ0) is 23.2. The molecular formula is C19H23BrN2O7Si. The van der Waals surface area contributed by atoms with E-state index in [-0.39, 0.29) is 20.8 Å². The first kappa shape index (κ1) is 23.5. The fourth-order valence-electron chi connectivity index (χ4n) is 2.59. The number of carboxylic acid groups (broad SMARTS) is 2. The molecule has 6 N–H and O–H groups in total. The number of rotatable bonds is 5. The maximum atomic E-state index is 12.3. The Morgan fingerprint density at radius 3 is 2.10 bits per heavy atom. The molecule has 0 fully saturated rings. The zero-order valence-electron chi connectivity index (χ0n) is 17.1. The van der Waals surface area contributed by atoms with Crippen molar-refractivity contribution in [2.45, 2.75) is 38.9 Å². The third kappa shape index (κ3) is 4.07. The number of aromatic amines is 1. The third-order valence-corrected chi connectivity index (χ3v) is 10.3. The molecule has 0 aliphatic heterocycles. The molecule has 2 aromatic rings. The standard InChI is InChI=1S/C19H23BrN2O7Si/c1-19(2,3)30(4,5)29-9-7-6-8(23)10(14(9)20)11-12(17(25)26)15(21)22-16(24)13(11)18(27)28/h6-7,23H,1-5H3,(H,25,26)(H,27,28)(H3,21,22,24). The van der Waals surface area contributed by atoms with E-state index in [1.165, 1.54) is 12.1 Å². The highest BCUT2D eigenvalue weighted by molar-refractivity contribution is 9.10. The molecule has 0 unspecified atom stereocenters. The Balaban J connectivity index is 2.95. The van der Waals surface area contributed by atoms with Gasteiger partial charge in [-0.15, -0.1) is 0 Å². The highest BCUT2D eigenvalue weighted by Gasteiger charge is 2.40. The predicted molar refractivity (Wildman–Crippen MR) is 118 cm³/mol. The van der Waals surface area contributed by atoms with Crippen molar-refractivity contribution in [3.05, 3.63) is 38.1 Å². The smallest absolute Gasteiger partial charge is 0.342 e. The number of aromatic hydroxyl groups is 1. The molecule has 1 aromatic carbocycles. The predicted octanol–water partition coefficient (Wildman–Crippen LogP) is 3.87. The summed E-state index contributed by atoms with van der Waals surface area (Å²) < 4.78 is 6.36. The molecule has 0 bridgehead atoms. The van der Waals surface area contributed by atoms with Crippen LogP contribution in [0.15, 0.2) is 21.4 Å². The summed E-state index contributed by atoms with van der Waals surface area (Å²) in [6.07, 6.45) is 0. The lowest BCUT2D eigenvalue weighted by Crippen LogP contribution is -2.43. The van der Waals surface area contributed by atoms with E-state index < -0.39 is 54.1 Å². The summed E-state index contributed by atoms with van der Waals surface area (Å²) in [5.41, 5.74) is 2.35. The van der Waals surface area contributed by atoms with E-state index in [0.717, 1.165) is 0 Å². The molecule has 0 amide bonds. The summed E-state index contributed by atoms with van der Waals surface area (Å²) in [7, 11) is -2.35. The van der Waals surface area contributed by atoms with E-state index in [0.29, 0.717) is 0 Å². The number of hydrogen-bond acceptors (Lipinski definition) is 6. The van der Waals surface area contributed by atoms with E-state index in [2.05, 4.69) is 15.9 Å². The van der Waals surface area contributed by atoms with Gasteiger partial charge in [-0.05, 0) is 46.2 Å². The van der Waals surface area contributed by atoms with Gasteiger partial charge in [0.25, 0.3) is 13.9 Å². The van der Waals surface area contributed by atoms with Gasteiger partial charge in [0.2, 0.25) is 0 Å². The number of carboxylic acids is 2. The van der Waals surface area contributed by atoms with Crippen LogP contribution in [0.25, 0.3) is 11.1 Å². The number of carbonyl (C=O) groups is 2. The minimum absolute atomic E-state index is 0.113. The van der Waals surface area contributed by atoms with Crippen LogP contribution in [0.1, 0.15) is 41.5 Å². The molecule has 11 heteroatoms. The number of phenols is 1.